The maximum absolute atomic E-state index is 11.1. The molecule has 4 rings (SSSR count). The summed E-state index contributed by atoms with van der Waals surface area (Å²) in [5.74, 6) is 0.418. The van der Waals surface area contributed by atoms with Crippen molar-refractivity contribution in [2.45, 2.75) is 18.5 Å². The number of carboxylic acid groups (broad SMARTS) is 1. The predicted octanol–water partition coefficient (Wildman–Crippen LogP) is 1.31. The van der Waals surface area contributed by atoms with Gasteiger partial charge in [-0.3, -0.25) is 14.8 Å². The van der Waals surface area contributed by atoms with E-state index in [9.17, 15) is 4.79 Å². The Bertz CT molecular complexity index is 917. The standard InChI is InChI=1S/C17H16N6O2/c24-17(25)13-7-11(8-20-13)21-16-12-3-6-19-9-14(12)22-15(23-16)10-1-4-18-5-2-10/h1-6,9,11,13,20H,7-8H2,(H,24,25)(H,21,22,23)/t11-,13-/m0/s1. The maximum Gasteiger partial charge on any atom is 0.320 e. The molecule has 0 aromatic carbocycles. The average molecular weight is 336 g/mol. The SMILES string of the molecule is O=C(O)[C@@H]1C[C@H](Nc2nc(-c3ccncc3)nc3cnccc23)CN1. The van der Waals surface area contributed by atoms with E-state index in [-0.39, 0.29) is 6.04 Å². The van der Waals surface area contributed by atoms with E-state index in [4.69, 9.17) is 5.11 Å². The fourth-order valence-electron chi connectivity index (χ4n) is 2.95. The molecule has 0 unspecified atom stereocenters. The molecule has 0 saturated carbocycles. The second kappa shape index (κ2) is 6.40. The van der Waals surface area contributed by atoms with Crippen molar-refractivity contribution >= 4 is 22.7 Å². The minimum atomic E-state index is -0.835. The zero-order chi connectivity index (χ0) is 17.2. The number of carbonyl (C=O) groups is 1. The number of nitrogens with one attached hydrogen (secondary N) is 2. The molecule has 2 atom stereocenters. The first-order chi connectivity index (χ1) is 12.2. The van der Waals surface area contributed by atoms with Crippen LogP contribution in [0.1, 0.15) is 6.42 Å². The zero-order valence-electron chi connectivity index (χ0n) is 13.3. The Morgan fingerprint density at radius 3 is 2.72 bits per heavy atom. The highest BCUT2D eigenvalue weighted by atomic mass is 16.4. The number of hydrogen-bond donors (Lipinski definition) is 3. The number of anilines is 1. The minimum absolute atomic E-state index is 0.0161. The molecule has 3 N–H and O–H groups in total. The Kier molecular flexibility index (Phi) is 3.95. The van der Waals surface area contributed by atoms with Gasteiger partial charge >= 0.3 is 5.97 Å². The van der Waals surface area contributed by atoms with Crippen LogP contribution in [0.25, 0.3) is 22.3 Å². The maximum atomic E-state index is 11.1. The van der Waals surface area contributed by atoms with Gasteiger partial charge in [-0.2, -0.15) is 0 Å². The summed E-state index contributed by atoms with van der Waals surface area (Å²) in [6.45, 7) is 0.568. The molecule has 1 aliphatic rings. The van der Waals surface area contributed by atoms with Crippen LogP contribution < -0.4 is 10.6 Å². The highest BCUT2D eigenvalue weighted by molar-refractivity contribution is 5.90. The molecular weight excluding hydrogens is 320 g/mol. The summed E-state index contributed by atoms with van der Waals surface area (Å²) in [5.41, 5.74) is 1.59. The summed E-state index contributed by atoms with van der Waals surface area (Å²) < 4.78 is 0. The van der Waals surface area contributed by atoms with Gasteiger partial charge in [0.25, 0.3) is 0 Å². The van der Waals surface area contributed by atoms with Gasteiger partial charge < -0.3 is 15.7 Å². The largest absolute Gasteiger partial charge is 0.480 e. The van der Waals surface area contributed by atoms with Crippen molar-refractivity contribution in [3.05, 3.63) is 43.0 Å². The topological polar surface area (TPSA) is 113 Å². The van der Waals surface area contributed by atoms with Gasteiger partial charge in [0.15, 0.2) is 5.82 Å². The molecule has 8 nitrogen and oxygen atoms in total. The number of aliphatic carboxylic acids is 1. The van der Waals surface area contributed by atoms with Crippen LogP contribution in [-0.2, 0) is 4.79 Å². The lowest BCUT2D eigenvalue weighted by Crippen LogP contribution is -2.30. The summed E-state index contributed by atoms with van der Waals surface area (Å²) in [6, 6.07) is 4.99. The molecule has 0 radical (unpaired) electrons. The van der Waals surface area contributed by atoms with Crippen molar-refractivity contribution in [1.82, 2.24) is 25.3 Å². The Morgan fingerprint density at radius 1 is 1.16 bits per heavy atom. The fourth-order valence-corrected chi connectivity index (χ4v) is 2.95. The van der Waals surface area contributed by atoms with Gasteiger partial charge in [-0.25, -0.2) is 9.97 Å². The molecule has 4 heterocycles. The molecule has 0 aliphatic carbocycles. The molecule has 0 amide bonds. The summed E-state index contributed by atoms with van der Waals surface area (Å²) in [7, 11) is 0. The van der Waals surface area contributed by atoms with Crippen LogP contribution >= 0.6 is 0 Å². The highest BCUT2D eigenvalue weighted by Crippen LogP contribution is 2.25. The number of hydrogen-bond acceptors (Lipinski definition) is 7. The van der Waals surface area contributed by atoms with Crippen LogP contribution in [0, 0.1) is 0 Å². The van der Waals surface area contributed by atoms with Crippen LogP contribution in [0.4, 0.5) is 5.82 Å². The molecule has 0 bridgehead atoms. The number of nitrogens with zero attached hydrogens (tertiary/aromatic N) is 4. The molecule has 1 aliphatic heterocycles. The van der Waals surface area contributed by atoms with E-state index in [2.05, 4.69) is 30.6 Å². The van der Waals surface area contributed by atoms with E-state index >= 15 is 0 Å². The van der Waals surface area contributed by atoms with Crippen molar-refractivity contribution in [2.75, 3.05) is 11.9 Å². The lowest BCUT2D eigenvalue weighted by Gasteiger charge is -2.15. The minimum Gasteiger partial charge on any atom is -0.480 e. The van der Waals surface area contributed by atoms with Gasteiger partial charge in [0.05, 0.1) is 11.7 Å². The van der Waals surface area contributed by atoms with Gasteiger partial charge in [0, 0.05) is 42.1 Å². The molecule has 1 fully saturated rings. The molecule has 8 heteroatoms. The predicted molar refractivity (Wildman–Crippen MR) is 92.0 cm³/mol. The molecule has 0 spiro atoms. The third-order valence-corrected chi connectivity index (χ3v) is 4.21. The fraction of sp³-hybridized carbons (Fsp3) is 0.235. The summed E-state index contributed by atoms with van der Waals surface area (Å²) in [5, 5.41) is 16.3. The Balaban J connectivity index is 1.71. The number of rotatable bonds is 4. The van der Waals surface area contributed by atoms with Crippen molar-refractivity contribution in [1.29, 1.82) is 0 Å². The van der Waals surface area contributed by atoms with Crippen LogP contribution in [0.5, 0.6) is 0 Å². The third kappa shape index (κ3) is 3.11. The van der Waals surface area contributed by atoms with Gasteiger partial charge in [0.1, 0.15) is 11.9 Å². The van der Waals surface area contributed by atoms with Gasteiger partial charge in [-0.05, 0) is 24.6 Å². The van der Waals surface area contributed by atoms with E-state index < -0.39 is 12.0 Å². The summed E-state index contributed by atoms with van der Waals surface area (Å²) >= 11 is 0. The van der Waals surface area contributed by atoms with Crippen molar-refractivity contribution in [2.24, 2.45) is 0 Å². The van der Waals surface area contributed by atoms with Gasteiger partial charge in [0.2, 0.25) is 0 Å². The zero-order valence-corrected chi connectivity index (χ0v) is 13.3. The molecule has 1 saturated heterocycles. The van der Waals surface area contributed by atoms with Crippen LogP contribution in [0.2, 0.25) is 0 Å². The molecule has 3 aromatic heterocycles. The van der Waals surface area contributed by atoms with Gasteiger partial charge in [-0.1, -0.05) is 0 Å². The quantitative estimate of drug-likeness (QED) is 0.654. The Hall–Kier alpha value is -3.13. The van der Waals surface area contributed by atoms with E-state index in [1.807, 2.05) is 18.2 Å². The number of fused-ring (bicyclic) bond motifs is 1. The first kappa shape index (κ1) is 15.4. The van der Waals surface area contributed by atoms with Crippen LogP contribution in [0.15, 0.2) is 43.0 Å². The normalized spacial score (nSPS) is 19.8. The monoisotopic (exact) mass is 336 g/mol. The summed E-state index contributed by atoms with van der Waals surface area (Å²) in [6.07, 6.45) is 7.27. The smallest absolute Gasteiger partial charge is 0.320 e. The second-order valence-corrected chi connectivity index (χ2v) is 5.90. The van der Waals surface area contributed by atoms with Crippen LogP contribution in [0.3, 0.4) is 0 Å². The van der Waals surface area contributed by atoms with Gasteiger partial charge in [-0.15, -0.1) is 0 Å². The average Bonchev–Trinajstić information content (AvgIpc) is 3.11. The number of pyridine rings is 2. The Morgan fingerprint density at radius 2 is 1.96 bits per heavy atom. The van der Waals surface area contributed by atoms with Crippen molar-refractivity contribution < 1.29 is 9.90 Å². The van der Waals surface area contributed by atoms with Crippen molar-refractivity contribution in [3.8, 4) is 11.4 Å². The molecular formula is C17H16N6O2. The first-order valence-electron chi connectivity index (χ1n) is 7.95. The second-order valence-electron chi connectivity index (χ2n) is 5.90. The molecule has 126 valence electrons. The number of aromatic nitrogens is 4. The molecule has 25 heavy (non-hydrogen) atoms. The third-order valence-electron chi connectivity index (χ3n) is 4.21. The molecule has 3 aromatic rings. The van der Waals surface area contributed by atoms with E-state index in [0.29, 0.717) is 24.6 Å². The van der Waals surface area contributed by atoms with Crippen molar-refractivity contribution in [3.63, 3.8) is 0 Å². The summed E-state index contributed by atoms with van der Waals surface area (Å²) in [4.78, 5) is 28.5. The lowest BCUT2D eigenvalue weighted by atomic mass is 10.1. The Labute approximate surface area is 143 Å². The highest BCUT2D eigenvalue weighted by Gasteiger charge is 2.29. The number of carboxylic acids is 1. The van der Waals surface area contributed by atoms with E-state index in [1.54, 1.807) is 24.8 Å². The van der Waals surface area contributed by atoms with E-state index in [0.717, 1.165) is 16.5 Å². The first-order valence-corrected chi connectivity index (χ1v) is 7.95. The van der Waals surface area contributed by atoms with E-state index in [1.165, 1.54) is 0 Å². The van der Waals surface area contributed by atoms with Crippen LogP contribution in [-0.4, -0.2) is 49.6 Å². The lowest BCUT2D eigenvalue weighted by molar-refractivity contribution is -0.139.